The first kappa shape index (κ1) is 21.5. The van der Waals surface area contributed by atoms with Crippen LogP contribution in [0, 0.1) is 0 Å². The van der Waals surface area contributed by atoms with Crippen LogP contribution in [-0.2, 0) is 16.2 Å². The normalized spacial score (nSPS) is 18.0. The maximum absolute atomic E-state index is 11.3. The molecule has 1 aromatic heterocycles. The largest absolute Gasteiger partial charge is 0.507 e. The maximum Gasteiger partial charge on any atom is 0.237 e. The van der Waals surface area contributed by atoms with Gasteiger partial charge < -0.3 is 25.1 Å². The third-order valence-corrected chi connectivity index (χ3v) is 5.16. The van der Waals surface area contributed by atoms with Gasteiger partial charge in [-0.15, -0.1) is 0 Å². The van der Waals surface area contributed by atoms with E-state index in [9.17, 15) is 9.90 Å². The number of nitrogens with two attached hydrogens (primary N) is 1. The molecule has 1 amide bonds. The summed E-state index contributed by atoms with van der Waals surface area (Å²) in [5.74, 6) is 0.277. The predicted octanol–water partition coefficient (Wildman–Crippen LogP) is 4.00. The molecule has 0 radical (unpaired) electrons. The molecule has 1 unspecified atom stereocenters. The van der Waals surface area contributed by atoms with Crippen LogP contribution >= 0.6 is 11.6 Å². The number of nitrogens with zero attached hydrogens (tertiary/aromatic N) is 3. The highest BCUT2D eigenvalue weighted by Gasteiger charge is 2.31. The molecule has 0 saturated heterocycles. The molecule has 1 aliphatic rings. The van der Waals surface area contributed by atoms with Crippen LogP contribution in [0.4, 0.5) is 0 Å². The Morgan fingerprint density at radius 1 is 1.40 bits per heavy atom. The van der Waals surface area contributed by atoms with Crippen molar-refractivity contribution in [3.05, 3.63) is 70.6 Å². The highest BCUT2D eigenvalue weighted by Crippen LogP contribution is 2.29. The molecule has 158 valence electrons. The fourth-order valence-corrected chi connectivity index (χ4v) is 3.61. The zero-order valence-electron chi connectivity index (χ0n) is 17.2. The minimum absolute atomic E-state index is 0.0286. The number of allylic oxidation sites excluding steroid dienone is 3. The SMILES string of the molecule is C\C=C(/C=C(Cl)\C(O)=C/CC)C1ON=C(c2cccc3c2ccn3CC(N)=O)N1C. The molecular formula is C22H25ClN4O3. The van der Waals surface area contributed by atoms with Crippen molar-refractivity contribution in [3.63, 3.8) is 0 Å². The number of fused-ring (bicyclic) bond motifs is 1. The minimum atomic E-state index is -0.490. The van der Waals surface area contributed by atoms with Crippen molar-refractivity contribution in [2.45, 2.75) is 33.0 Å². The Kier molecular flexibility index (Phi) is 6.52. The minimum Gasteiger partial charge on any atom is -0.507 e. The number of amidine groups is 1. The van der Waals surface area contributed by atoms with Crippen molar-refractivity contribution in [1.82, 2.24) is 9.47 Å². The molecule has 3 N–H and O–H groups in total. The number of oxime groups is 1. The van der Waals surface area contributed by atoms with Crippen molar-refractivity contribution in [2.75, 3.05) is 7.05 Å². The summed E-state index contributed by atoms with van der Waals surface area (Å²) in [6.45, 7) is 3.90. The van der Waals surface area contributed by atoms with Crippen LogP contribution in [0.1, 0.15) is 25.8 Å². The van der Waals surface area contributed by atoms with Gasteiger partial charge in [0.15, 0.2) is 5.84 Å². The summed E-state index contributed by atoms with van der Waals surface area (Å²) in [5, 5.41) is 15.5. The summed E-state index contributed by atoms with van der Waals surface area (Å²) in [6, 6.07) is 7.71. The van der Waals surface area contributed by atoms with Crippen molar-refractivity contribution in [1.29, 1.82) is 0 Å². The first-order valence-corrected chi connectivity index (χ1v) is 10.0. The van der Waals surface area contributed by atoms with Gasteiger partial charge in [0.25, 0.3) is 0 Å². The van der Waals surface area contributed by atoms with E-state index in [1.165, 1.54) is 0 Å². The van der Waals surface area contributed by atoms with E-state index >= 15 is 0 Å². The van der Waals surface area contributed by atoms with Crippen LogP contribution in [0.2, 0.25) is 0 Å². The third kappa shape index (κ3) is 4.21. The van der Waals surface area contributed by atoms with Crippen LogP contribution in [-0.4, -0.2) is 39.6 Å². The summed E-state index contributed by atoms with van der Waals surface area (Å²) >= 11 is 6.24. The van der Waals surface area contributed by atoms with Gasteiger partial charge in [-0.25, -0.2) is 0 Å². The number of aliphatic hydroxyl groups is 1. The highest BCUT2D eigenvalue weighted by molar-refractivity contribution is 6.31. The van der Waals surface area contributed by atoms with Gasteiger partial charge in [0.2, 0.25) is 12.1 Å². The van der Waals surface area contributed by atoms with E-state index in [4.69, 9.17) is 22.2 Å². The fourth-order valence-electron chi connectivity index (χ4n) is 3.40. The van der Waals surface area contributed by atoms with Gasteiger partial charge in [-0.05, 0) is 37.6 Å². The van der Waals surface area contributed by atoms with E-state index in [0.29, 0.717) is 12.3 Å². The molecular weight excluding hydrogens is 404 g/mol. The second-order valence-corrected chi connectivity index (χ2v) is 7.32. The summed E-state index contributed by atoms with van der Waals surface area (Å²) in [7, 11) is 1.88. The Balaban J connectivity index is 1.91. The number of rotatable bonds is 7. The molecule has 8 heteroatoms. The number of primary amides is 1. The van der Waals surface area contributed by atoms with Gasteiger partial charge in [0.05, 0.1) is 5.03 Å². The Labute approximate surface area is 180 Å². The number of carbonyl (C=O) groups excluding carboxylic acids is 1. The second kappa shape index (κ2) is 9.09. The Morgan fingerprint density at radius 2 is 2.17 bits per heavy atom. The molecule has 1 aliphatic heterocycles. The number of likely N-dealkylation sites (N-methyl/N-ethyl adjacent to an activating group) is 1. The molecule has 0 bridgehead atoms. The first-order valence-electron chi connectivity index (χ1n) is 9.63. The molecule has 2 heterocycles. The number of aliphatic hydroxyl groups excluding tert-OH is 1. The zero-order valence-corrected chi connectivity index (χ0v) is 17.9. The van der Waals surface area contributed by atoms with Crippen LogP contribution in [0.15, 0.2) is 70.2 Å². The van der Waals surface area contributed by atoms with E-state index in [-0.39, 0.29) is 17.3 Å². The van der Waals surface area contributed by atoms with E-state index in [2.05, 4.69) is 5.16 Å². The molecule has 3 rings (SSSR count). The van der Waals surface area contributed by atoms with Crippen LogP contribution in [0.25, 0.3) is 10.9 Å². The van der Waals surface area contributed by atoms with Gasteiger partial charge in [-0.3, -0.25) is 4.79 Å². The average Bonchev–Trinajstić information content (AvgIpc) is 3.29. The van der Waals surface area contributed by atoms with Gasteiger partial charge >= 0.3 is 0 Å². The summed E-state index contributed by atoms with van der Waals surface area (Å²) in [6.07, 6.45) is 7.20. The standard InChI is InChI=1S/C22H25ClN4O3/c1-4-7-19(28)17(23)12-14(5-2)22-26(3)21(25-30-22)16-8-6-9-18-15(16)10-11-27(18)13-20(24)29/h5-12,22,28H,4,13H2,1-3H3,(H2,24,29)/b14-5+,17-12+,19-7+. The molecule has 0 saturated carbocycles. The molecule has 1 aromatic carbocycles. The van der Waals surface area contributed by atoms with Gasteiger partial charge in [-0.1, -0.05) is 41.9 Å². The number of benzene rings is 1. The second-order valence-electron chi connectivity index (χ2n) is 6.91. The summed E-state index contributed by atoms with van der Waals surface area (Å²) in [5.41, 5.74) is 7.87. The molecule has 2 aromatic rings. The third-order valence-electron chi connectivity index (χ3n) is 4.86. The lowest BCUT2D eigenvalue weighted by Gasteiger charge is -2.22. The first-order chi connectivity index (χ1) is 14.4. The topological polar surface area (TPSA) is 93.1 Å². The number of halogens is 1. The fraction of sp³-hybridized carbons (Fsp3) is 0.273. The quantitative estimate of drug-likeness (QED) is 0.515. The smallest absolute Gasteiger partial charge is 0.237 e. The Morgan fingerprint density at radius 3 is 2.83 bits per heavy atom. The predicted molar refractivity (Wildman–Crippen MR) is 119 cm³/mol. The van der Waals surface area contributed by atoms with Gasteiger partial charge in [0, 0.05) is 35.3 Å². The molecule has 0 aliphatic carbocycles. The van der Waals surface area contributed by atoms with E-state index < -0.39 is 12.1 Å². The van der Waals surface area contributed by atoms with E-state index in [1.54, 1.807) is 16.7 Å². The van der Waals surface area contributed by atoms with Crippen LogP contribution < -0.4 is 5.73 Å². The van der Waals surface area contributed by atoms with Crippen LogP contribution in [0.3, 0.4) is 0 Å². The lowest BCUT2D eigenvalue weighted by Crippen LogP contribution is -2.34. The zero-order chi connectivity index (χ0) is 21.8. The Bertz CT molecular complexity index is 1080. The number of hydrogen-bond acceptors (Lipinski definition) is 5. The molecule has 0 spiro atoms. The van der Waals surface area contributed by atoms with Crippen molar-refractivity contribution >= 4 is 34.2 Å². The summed E-state index contributed by atoms with van der Waals surface area (Å²) < 4.78 is 1.80. The van der Waals surface area contributed by atoms with E-state index in [0.717, 1.165) is 22.0 Å². The molecule has 30 heavy (non-hydrogen) atoms. The maximum atomic E-state index is 11.3. The van der Waals surface area contributed by atoms with Crippen LogP contribution in [0.5, 0.6) is 0 Å². The van der Waals surface area contributed by atoms with Gasteiger partial charge in [0.1, 0.15) is 12.3 Å². The average molecular weight is 429 g/mol. The number of aromatic nitrogens is 1. The van der Waals surface area contributed by atoms with Crippen molar-refractivity contribution in [3.8, 4) is 0 Å². The van der Waals surface area contributed by atoms with Crippen molar-refractivity contribution < 1.29 is 14.7 Å². The molecule has 0 fully saturated rings. The molecule has 1 atom stereocenters. The number of amides is 1. The lowest BCUT2D eigenvalue weighted by molar-refractivity contribution is -0.118. The van der Waals surface area contributed by atoms with Crippen molar-refractivity contribution in [2.24, 2.45) is 10.9 Å². The highest BCUT2D eigenvalue weighted by atomic mass is 35.5. The van der Waals surface area contributed by atoms with Gasteiger partial charge in [-0.2, -0.15) is 0 Å². The Hall–Kier alpha value is -3.19. The lowest BCUT2D eigenvalue weighted by atomic mass is 10.1. The molecule has 7 nitrogen and oxygen atoms in total. The summed E-state index contributed by atoms with van der Waals surface area (Å²) in [4.78, 5) is 18.9. The number of hydrogen-bond donors (Lipinski definition) is 2. The monoisotopic (exact) mass is 428 g/mol. The van der Waals surface area contributed by atoms with E-state index in [1.807, 2.05) is 62.3 Å². The number of carbonyl (C=O) groups is 1.